The number of hydrogen-bond donors (Lipinski definition) is 1. The largest absolute Gasteiger partial charge is 0.478 e. The third kappa shape index (κ3) is 2.18. The summed E-state index contributed by atoms with van der Waals surface area (Å²) in [6.45, 7) is 6.93. The topological polar surface area (TPSA) is 40.5 Å². The Kier molecular flexibility index (Phi) is 3.18. The van der Waals surface area contributed by atoms with Gasteiger partial charge >= 0.3 is 5.97 Å². The Labute approximate surface area is 101 Å². The van der Waals surface area contributed by atoms with Gasteiger partial charge in [0.25, 0.3) is 0 Å². The summed E-state index contributed by atoms with van der Waals surface area (Å²) >= 11 is 0. The molecule has 3 nitrogen and oxygen atoms in total. The van der Waals surface area contributed by atoms with Crippen molar-refractivity contribution < 1.29 is 9.90 Å². The summed E-state index contributed by atoms with van der Waals surface area (Å²) in [5, 5.41) is 8.98. The minimum absolute atomic E-state index is 0.282. The highest BCUT2D eigenvalue weighted by Crippen LogP contribution is 2.29. The first-order chi connectivity index (χ1) is 8.13. The van der Waals surface area contributed by atoms with Crippen LogP contribution in [0.5, 0.6) is 0 Å². The number of benzene rings is 1. The third-order valence-corrected chi connectivity index (χ3v) is 3.31. The van der Waals surface area contributed by atoms with Gasteiger partial charge in [0.05, 0.1) is 5.56 Å². The maximum absolute atomic E-state index is 10.9. The van der Waals surface area contributed by atoms with E-state index in [-0.39, 0.29) is 6.04 Å². The minimum atomic E-state index is -0.860. The van der Waals surface area contributed by atoms with Crippen LogP contribution >= 0.6 is 0 Å². The number of carboxylic acids is 1. The second-order valence-corrected chi connectivity index (χ2v) is 4.42. The zero-order valence-corrected chi connectivity index (χ0v) is 10.0. The fourth-order valence-corrected chi connectivity index (χ4v) is 2.31. The molecular weight excluding hydrogens is 214 g/mol. The second kappa shape index (κ2) is 4.62. The standard InChI is InChI=1S/C14H17NO2/c1-3-10(2)15-8-4-5-11-9-12(14(16)17)6-7-13(11)15/h3,6-7,9-10H,1,4-5,8H2,2H3,(H,16,17). The molecule has 0 radical (unpaired) electrons. The highest BCUT2D eigenvalue weighted by molar-refractivity contribution is 5.88. The summed E-state index contributed by atoms with van der Waals surface area (Å²) in [6, 6.07) is 5.66. The molecule has 1 aliphatic rings. The Balaban J connectivity index is 2.39. The van der Waals surface area contributed by atoms with Crippen LogP contribution in [0.25, 0.3) is 0 Å². The number of aromatic carboxylic acids is 1. The first-order valence-electron chi connectivity index (χ1n) is 5.89. The molecule has 1 atom stereocenters. The molecule has 17 heavy (non-hydrogen) atoms. The zero-order valence-electron chi connectivity index (χ0n) is 10.0. The molecule has 3 heteroatoms. The van der Waals surface area contributed by atoms with Crippen molar-refractivity contribution in [2.24, 2.45) is 0 Å². The van der Waals surface area contributed by atoms with E-state index >= 15 is 0 Å². The number of carbonyl (C=O) groups is 1. The average molecular weight is 231 g/mol. The smallest absolute Gasteiger partial charge is 0.335 e. The monoisotopic (exact) mass is 231 g/mol. The summed E-state index contributed by atoms with van der Waals surface area (Å²) in [7, 11) is 0. The Morgan fingerprint density at radius 3 is 3.00 bits per heavy atom. The minimum Gasteiger partial charge on any atom is -0.478 e. The highest BCUT2D eigenvalue weighted by atomic mass is 16.4. The van der Waals surface area contributed by atoms with Crippen LogP contribution in [0.1, 0.15) is 29.3 Å². The number of rotatable bonds is 3. The number of fused-ring (bicyclic) bond motifs is 1. The zero-order chi connectivity index (χ0) is 12.4. The molecule has 0 saturated carbocycles. The summed E-state index contributed by atoms with van der Waals surface area (Å²) in [5.74, 6) is -0.860. The molecule has 1 aliphatic heterocycles. The van der Waals surface area contributed by atoms with Crippen LogP contribution in [0.3, 0.4) is 0 Å². The van der Waals surface area contributed by atoms with Gasteiger partial charge in [0.15, 0.2) is 0 Å². The lowest BCUT2D eigenvalue weighted by atomic mass is 9.98. The molecule has 0 fully saturated rings. The Hall–Kier alpha value is -1.77. The number of hydrogen-bond acceptors (Lipinski definition) is 2. The molecule has 1 aromatic carbocycles. The van der Waals surface area contributed by atoms with Crippen molar-refractivity contribution in [1.82, 2.24) is 0 Å². The first kappa shape index (κ1) is 11.7. The summed E-state index contributed by atoms with van der Waals surface area (Å²) in [5.41, 5.74) is 2.65. The average Bonchev–Trinajstić information content (AvgIpc) is 2.36. The maximum Gasteiger partial charge on any atom is 0.335 e. The van der Waals surface area contributed by atoms with Crippen molar-refractivity contribution in [3.05, 3.63) is 42.0 Å². The number of carboxylic acid groups (broad SMARTS) is 1. The molecule has 0 saturated heterocycles. The van der Waals surface area contributed by atoms with E-state index in [1.165, 1.54) is 0 Å². The summed E-state index contributed by atoms with van der Waals surface area (Å²) in [6.07, 6.45) is 3.94. The molecule has 0 aliphatic carbocycles. The predicted molar refractivity (Wildman–Crippen MR) is 68.7 cm³/mol. The van der Waals surface area contributed by atoms with E-state index in [9.17, 15) is 4.79 Å². The first-order valence-corrected chi connectivity index (χ1v) is 5.89. The molecule has 0 spiro atoms. The van der Waals surface area contributed by atoms with Crippen LogP contribution in [0.2, 0.25) is 0 Å². The second-order valence-electron chi connectivity index (χ2n) is 4.42. The van der Waals surface area contributed by atoms with Gasteiger partial charge < -0.3 is 10.0 Å². The van der Waals surface area contributed by atoms with Crippen molar-refractivity contribution in [2.45, 2.75) is 25.8 Å². The molecule has 0 aromatic heterocycles. The Morgan fingerprint density at radius 1 is 1.59 bits per heavy atom. The van der Waals surface area contributed by atoms with Crippen LogP contribution in [0.4, 0.5) is 5.69 Å². The summed E-state index contributed by atoms with van der Waals surface area (Å²) in [4.78, 5) is 13.2. The molecule has 1 aromatic rings. The lowest BCUT2D eigenvalue weighted by Gasteiger charge is -2.35. The van der Waals surface area contributed by atoms with E-state index in [2.05, 4.69) is 18.4 Å². The van der Waals surface area contributed by atoms with Gasteiger partial charge in [-0.2, -0.15) is 0 Å². The van der Waals surface area contributed by atoms with Crippen molar-refractivity contribution >= 4 is 11.7 Å². The predicted octanol–water partition coefficient (Wildman–Crippen LogP) is 2.71. The van der Waals surface area contributed by atoms with Crippen LogP contribution in [0.15, 0.2) is 30.9 Å². The van der Waals surface area contributed by atoms with E-state index in [0.717, 1.165) is 30.6 Å². The van der Waals surface area contributed by atoms with E-state index in [4.69, 9.17) is 5.11 Å². The van der Waals surface area contributed by atoms with Crippen LogP contribution in [0, 0.1) is 0 Å². The highest BCUT2D eigenvalue weighted by Gasteiger charge is 2.20. The van der Waals surface area contributed by atoms with E-state index < -0.39 is 5.97 Å². The van der Waals surface area contributed by atoms with Gasteiger partial charge in [-0.1, -0.05) is 6.08 Å². The van der Waals surface area contributed by atoms with Crippen molar-refractivity contribution in [2.75, 3.05) is 11.4 Å². The molecule has 0 amide bonds. The van der Waals surface area contributed by atoms with Crippen LogP contribution < -0.4 is 4.90 Å². The summed E-state index contributed by atoms with van der Waals surface area (Å²) < 4.78 is 0. The van der Waals surface area contributed by atoms with E-state index in [1.807, 2.05) is 12.1 Å². The van der Waals surface area contributed by atoms with Crippen molar-refractivity contribution in [1.29, 1.82) is 0 Å². The molecule has 1 heterocycles. The van der Waals surface area contributed by atoms with Gasteiger partial charge in [-0.15, -0.1) is 6.58 Å². The molecule has 1 unspecified atom stereocenters. The normalized spacial score (nSPS) is 16.2. The maximum atomic E-state index is 10.9. The molecule has 2 rings (SSSR count). The molecule has 90 valence electrons. The fraction of sp³-hybridized carbons (Fsp3) is 0.357. The van der Waals surface area contributed by atoms with Crippen molar-refractivity contribution in [3.63, 3.8) is 0 Å². The molecule has 1 N–H and O–H groups in total. The Bertz CT molecular complexity index is 454. The van der Waals surface area contributed by atoms with Gasteiger partial charge in [0, 0.05) is 18.3 Å². The number of aryl methyl sites for hydroxylation is 1. The van der Waals surface area contributed by atoms with E-state index in [0.29, 0.717) is 5.56 Å². The third-order valence-electron chi connectivity index (χ3n) is 3.31. The fourth-order valence-electron chi connectivity index (χ4n) is 2.31. The van der Waals surface area contributed by atoms with Crippen LogP contribution in [-0.2, 0) is 6.42 Å². The number of anilines is 1. The SMILES string of the molecule is C=CC(C)N1CCCc2cc(C(=O)O)ccc21. The van der Waals surface area contributed by atoms with Gasteiger partial charge in [0.2, 0.25) is 0 Å². The number of nitrogens with zero attached hydrogens (tertiary/aromatic N) is 1. The van der Waals surface area contributed by atoms with Gasteiger partial charge in [0.1, 0.15) is 0 Å². The molecular formula is C14H17NO2. The van der Waals surface area contributed by atoms with Crippen LogP contribution in [-0.4, -0.2) is 23.7 Å². The lowest BCUT2D eigenvalue weighted by Crippen LogP contribution is -2.36. The molecule has 0 bridgehead atoms. The van der Waals surface area contributed by atoms with Gasteiger partial charge in [-0.05, 0) is 43.5 Å². The van der Waals surface area contributed by atoms with Crippen molar-refractivity contribution in [3.8, 4) is 0 Å². The van der Waals surface area contributed by atoms with E-state index in [1.54, 1.807) is 12.1 Å². The van der Waals surface area contributed by atoms with Gasteiger partial charge in [-0.3, -0.25) is 0 Å². The Morgan fingerprint density at radius 2 is 2.35 bits per heavy atom. The quantitative estimate of drug-likeness (QED) is 0.813. The lowest BCUT2D eigenvalue weighted by molar-refractivity contribution is 0.0697. The van der Waals surface area contributed by atoms with Gasteiger partial charge in [-0.25, -0.2) is 4.79 Å².